The summed E-state index contributed by atoms with van der Waals surface area (Å²) >= 11 is 5.95. The molecule has 0 N–H and O–H groups in total. The standard InChI is InChI=1S/C14H14ClN3O3S/c1-3-22(20,21)14-16-9-11(15)12(17-14)13(19)18(2)10-7-5-4-6-8-10/h4-9H,3H2,1-2H3. The van der Waals surface area contributed by atoms with Crippen LogP contribution in [0.3, 0.4) is 0 Å². The van der Waals surface area contributed by atoms with Crippen LogP contribution in [-0.4, -0.2) is 37.1 Å². The van der Waals surface area contributed by atoms with Crippen molar-refractivity contribution in [2.45, 2.75) is 12.1 Å². The first kappa shape index (κ1) is 16.4. The Morgan fingerprint density at radius 2 is 1.91 bits per heavy atom. The van der Waals surface area contributed by atoms with Gasteiger partial charge >= 0.3 is 0 Å². The Morgan fingerprint density at radius 1 is 1.27 bits per heavy atom. The van der Waals surface area contributed by atoms with Gasteiger partial charge in [0.25, 0.3) is 5.91 Å². The third kappa shape index (κ3) is 3.26. The summed E-state index contributed by atoms with van der Waals surface area (Å²) in [4.78, 5) is 21.4. The van der Waals surface area contributed by atoms with Crippen molar-refractivity contribution in [2.24, 2.45) is 0 Å². The van der Waals surface area contributed by atoms with E-state index >= 15 is 0 Å². The molecule has 0 aliphatic rings. The van der Waals surface area contributed by atoms with E-state index in [0.29, 0.717) is 5.69 Å². The van der Waals surface area contributed by atoms with Crippen molar-refractivity contribution >= 4 is 33.0 Å². The summed E-state index contributed by atoms with van der Waals surface area (Å²) in [5.74, 6) is -0.664. The maximum Gasteiger partial charge on any atom is 0.278 e. The molecule has 116 valence electrons. The van der Waals surface area contributed by atoms with E-state index in [-0.39, 0.29) is 16.5 Å². The molecule has 2 aromatic rings. The minimum Gasteiger partial charge on any atom is -0.310 e. The number of hydrogen-bond donors (Lipinski definition) is 0. The van der Waals surface area contributed by atoms with Crippen molar-refractivity contribution in [1.82, 2.24) is 9.97 Å². The van der Waals surface area contributed by atoms with Crippen molar-refractivity contribution in [2.75, 3.05) is 17.7 Å². The van der Waals surface area contributed by atoms with E-state index in [0.717, 1.165) is 6.20 Å². The van der Waals surface area contributed by atoms with E-state index in [4.69, 9.17) is 11.6 Å². The van der Waals surface area contributed by atoms with Crippen LogP contribution in [0.15, 0.2) is 41.7 Å². The average molecular weight is 340 g/mol. The first-order valence-electron chi connectivity index (χ1n) is 6.45. The summed E-state index contributed by atoms with van der Waals surface area (Å²) in [5.41, 5.74) is 0.497. The highest BCUT2D eigenvalue weighted by atomic mass is 35.5. The highest BCUT2D eigenvalue weighted by molar-refractivity contribution is 7.91. The molecule has 0 saturated heterocycles. The van der Waals surface area contributed by atoms with Crippen LogP contribution in [0.2, 0.25) is 5.02 Å². The number of carbonyl (C=O) groups is 1. The van der Waals surface area contributed by atoms with Gasteiger partial charge in [0.15, 0.2) is 5.69 Å². The van der Waals surface area contributed by atoms with E-state index in [9.17, 15) is 13.2 Å². The van der Waals surface area contributed by atoms with Crippen LogP contribution in [0.1, 0.15) is 17.4 Å². The molecule has 0 saturated carbocycles. The fourth-order valence-electron chi connectivity index (χ4n) is 1.71. The quantitative estimate of drug-likeness (QED) is 0.798. The molecular formula is C14H14ClN3O3S. The third-order valence-corrected chi connectivity index (χ3v) is 4.82. The van der Waals surface area contributed by atoms with Crippen LogP contribution in [0.25, 0.3) is 0 Å². The molecular weight excluding hydrogens is 326 g/mol. The van der Waals surface area contributed by atoms with Gasteiger partial charge in [0.2, 0.25) is 15.0 Å². The van der Waals surface area contributed by atoms with Crippen molar-refractivity contribution < 1.29 is 13.2 Å². The molecule has 22 heavy (non-hydrogen) atoms. The molecule has 0 unspecified atom stereocenters. The van der Waals surface area contributed by atoms with E-state index in [1.54, 1.807) is 31.3 Å². The summed E-state index contributed by atoms with van der Waals surface area (Å²) in [6.07, 6.45) is 1.13. The number of sulfone groups is 1. The SMILES string of the molecule is CCS(=O)(=O)c1ncc(Cl)c(C(=O)N(C)c2ccccc2)n1. The Hall–Kier alpha value is -1.99. The minimum absolute atomic E-state index is 0.00262. The molecule has 0 bridgehead atoms. The fourth-order valence-corrected chi connectivity index (χ4v) is 2.58. The lowest BCUT2D eigenvalue weighted by Crippen LogP contribution is -2.28. The van der Waals surface area contributed by atoms with Gasteiger partial charge in [0.05, 0.1) is 17.0 Å². The van der Waals surface area contributed by atoms with E-state index in [2.05, 4.69) is 9.97 Å². The van der Waals surface area contributed by atoms with Crippen LogP contribution < -0.4 is 4.90 Å². The number of hydrogen-bond acceptors (Lipinski definition) is 5. The molecule has 0 fully saturated rings. The Labute approximate surface area is 133 Å². The first-order chi connectivity index (χ1) is 10.4. The van der Waals surface area contributed by atoms with Gasteiger partial charge in [-0.15, -0.1) is 0 Å². The lowest BCUT2D eigenvalue weighted by atomic mass is 10.2. The van der Waals surface area contributed by atoms with Crippen molar-refractivity contribution in [3.05, 3.63) is 47.2 Å². The number of aromatic nitrogens is 2. The predicted molar refractivity (Wildman–Crippen MR) is 83.9 cm³/mol. The zero-order chi connectivity index (χ0) is 16.3. The molecule has 1 aromatic heterocycles. The Kier molecular flexibility index (Phi) is 4.77. The monoisotopic (exact) mass is 339 g/mol. The number of amides is 1. The van der Waals surface area contributed by atoms with Crippen LogP contribution in [-0.2, 0) is 9.84 Å². The molecule has 8 heteroatoms. The Balaban J connectivity index is 2.44. The molecule has 1 aromatic carbocycles. The summed E-state index contributed by atoms with van der Waals surface area (Å²) in [6.45, 7) is 1.48. The number of anilines is 1. The summed E-state index contributed by atoms with van der Waals surface area (Å²) in [7, 11) is -2.05. The smallest absolute Gasteiger partial charge is 0.278 e. The summed E-state index contributed by atoms with van der Waals surface area (Å²) in [6, 6.07) is 8.89. The lowest BCUT2D eigenvalue weighted by molar-refractivity contribution is 0.0987. The second-order valence-corrected chi connectivity index (χ2v) is 7.03. The second-order valence-electron chi connectivity index (χ2n) is 4.45. The molecule has 0 aliphatic carbocycles. The van der Waals surface area contributed by atoms with Crippen molar-refractivity contribution in [1.29, 1.82) is 0 Å². The van der Waals surface area contributed by atoms with Gasteiger partial charge in [-0.2, -0.15) is 0 Å². The van der Waals surface area contributed by atoms with Crippen molar-refractivity contribution in [3.8, 4) is 0 Å². The highest BCUT2D eigenvalue weighted by Gasteiger charge is 2.23. The molecule has 1 amide bonds. The zero-order valence-electron chi connectivity index (χ0n) is 12.0. The topological polar surface area (TPSA) is 80.2 Å². The van der Waals surface area contributed by atoms with Crippen LogP contribution in [0.5, 0.6) is 0 Å². The van der Waals surface area contributed by atoms with Gasteiger partial charge < -0.3 is 4.90 Å². The predicted octanol–water partition coefficient (Wildman–Crippen LogP) is 2.20. The molecule has 0 atom stereocenters. The molecule has 0 radical (unpaired) electrons. The van der Waals surface area contributed by atoms with E-state index in [1.165, 1.54) is 11.8 Å². The molecule has 0 aliphatic heterocycles. The second kappa shape index (κ2) is 6.41. The van der Waals surface area contributed by atoms with Gasteiger partial charge in [-0.3, -0.25) is 4.79 Å². The van der Waals surface area contributed by atoms with Gasteiger partial charge in [0.1, 0.15) is 0 Å². The fraction of sp³-hybridized carbons (Fsp3) is 0.214. The number of nitrogens with zero attached hydrogens (tertiary/aromatic N) is 3. The van der Waals surface area contributed by atoms with Gasteiger partial charge in [0, 0.05) is 12.7 Å². The molecule has 1 heterocycles. The maximum atomic E-state index is 12.5. The largest absolute Gasteiger partial charge is 0.310 e. The Morgan fingerprint density at radius 3 is 2.50 bits per heavy atom. The van der Waals surface area contributed by atoms with Crippen LogP contribution in [0, 0.1) is 0 Å². The van der Waals surface area contributed by atoms with Gasteiger partial charge in [-0.05, 0) is 12.1 Å². The number of benzene rings is 1. The van der Waals surface area contributed by atoms with Crippen LogP contribution in [0.4, 0.5) is 5.69 Å². The number of halogens is 1. The lowest BCUT2D eigenvalue weighted by Gasteiger charge is -2.17. The normalized spacial score (nSPS) is 11.2. The van der Waals surface area contributed by atoms with Gasteiger partial charge in [-0.1, -0.05) is 36.7 Å². The highest BCUT2D eigenvalue weighted by Crippen LogP contribution is 2.20. The molecule has 6 nitrogen and oxygen atoms in total. The zero-order valence-corrected chi connectivity index (χ0v) is 13.6. The summed E-state index contributed by atoms with van der Waals surface area (Å²) < 4.78 is 23.7. The first-order valence-corrected chi connectivity index (χ1v) is 8.48. The molecule has 0 spiro atoms. The number of para-hydroxylation sites is 1. The minimum atomic E-state index is -3.61. The third-order valence-electron chi connectivity index (χ3n) is 3.03. The molecule has 2 rings (SSSR count). The van der Waals surface area contributed by atoms with Gasteiger partial charge in [-0.25, -0.2) is 18.4 Å². The maximum absolute atomic E-state index is 12.5. The van der Waals surface area contributed by atoms with E-state index < -0.39 is 20.9 Å². The van der Waals surface area contributed by atoms with Crippen molar-refractivity contribution in [3.63, 3.8) is 0 Å². The number of carbonyl (C=O) groups excluding carboxylic acids is 1. The average Bonchev–Trinajstić information content (AvgIpc) is 2.54. The van der Waals surface area contributed by atoms with E-state index in [1.807, 2.05) is 6.07 Å². The Bertz CT molecular complexity index is 794. The summed E-state index contributed by atoms with van der Waals surface area (Å²) in [5, 5.41) is -0.396. The van der Waals surface area contributed by atoms with Crippen LogP contribution >= 0.6 is 11.6 Å². The number of rotatable bonds is 4.